The van der Waals surface area contributed by atoms with E-state index in [1.165, 1.54) is 5.56 Å². The number of carbonyl (C=O) groups is 1. The predicted octanol–water partition coefficient (Wildman–Crippen LogP) is 5.61. The molecule has 0 heterocycles. The average molecular weight is 449 g/mol. The molecule has 0 saturated heterocycles. The van der Waals surface area contributed by atoms with Gasteiger partial charge in [0.25, 0.3) is 5.91 Å². The lowest BCUT2D eigenvalue weighted by Crippen LogP contribution is -2.34. The highest BCUT2D eigenvalue weighted by Crippen LogP contribution is 2.19. The summed E-state index contributed by atoms with van der Waals surface area (Å²) in [5.74, 6) is 1.18. The van der Waals surface area contributed by atoms with E-state index in [1.54, 1.807) is 24.3 Å². The highest BCUT2D eigenvalue weighted by atomic mass is 32.1. The summed E-state index contributed by atoms with van der Waals surface area (Å²) in [6, 6.07) is 24.7. The Bertz CT molecular complexity index is 1020. The van der Waals surface area contributed by atoms with Crippen LogP contribution >= 0.6 is 12.2 Å². The molecule has 5 nitrogen and oxygen atoms in total. The van der Waals surface area contributed by atoms with Crippen molar-refractivity contribution in [3.05, 3.63) is 90.0 Å². The molecule has 32 heavy (non-hydrogen) atoms. The van der Waals surface area contributed by atoms with Crippen LogP contribution in [0.15, 0.2) is 78.9 Å². The van der Waals surface area contributed by atoms with Gasteiger partial charge in [-0.1, -0.05) is 43.3 Å². The van der Waals surface area contributed by atoms with Crippen LogP contribution in [0.25, 0.3) is 0 Å². The average Bonchev–Trinajstić information content (AvgIpc) is 2.80. The van der Waals surface area contributed by atoms with Gasteiger partial charge in [0.15, 0.2) is 5.11 Å². The van der Waals surface area contributed by atoms with Crippen LogP contribution in [0.5, 0.6) is 11.5 Å². The first-order chi connectivity index (χ1) is 15.5. The fourth-order valence-corrected chi connectivity index (χ4v) is 3.14. The van der Waals surface area contributed by atoms with Crippen molar-refractivity contribution in [3.8, 4) is 11.5 Å². The van der Waals surface area contributed by atoms with Crippen LogP contribution in [-0.2, 0) is 6.42 Å². The summed E-state index contributed by atoms with van der Waals surface area (Å²) in [5, 5.41) is 5.95. The molecule has 0 aliphatic heterocycles. The number of benzene rings is 3. The molecule has 6 heteroatoms. The number of thiocarbonyl (C=S) groups is 1. The van der Waals surface area contributed by atoms with Gasteiger partial charge >= 0.3 is 0 Å². The second kappa shape index (κ2) is 11.9. The minimum absolute atomic E-state index is 0.127. The van der Waals surface area contributed by atoms with E-state index < -0.39 is 0 Å². The monoisotopic (exact) mass is 448 g/mol. The zero-order valence-electron chi connectivity index (χ0n) is 18.3. The molecule has 0 saturated carbocycles. The molecule has 3 rings (SSSR count). The molecule has 3 aromatic carbocycles. The Morgan fingerprint density at radius 3 is 2.44 bits per heavy atom. The maximum Gasteiger partial charge on any atom is 0.257 e. The Labute approximate surface area is 194 Å². The molecular formula is C26H28N2O3S. The first kappa shape index (κ1) is 23.3. The van der Waals surface area contributed by atoms with Crippen LogP contribution < -0.4 is 20.1 Å². The molecule has 166 valence electrons. The van der Waals surface area contributed by atoms with Gasteiger partial charge in [0.05, 0.1) is 12.7 Å². The van der Waals surface area contributed by atoms with E-state index in [2.05, 4.69) is 29.7 Å². The molecule has 0 aromatic heterocycles. The van der Waals surface area contributed by atoms with Crippen LogP contribution in [0.2, 0.25) is 0 Å². The number of hydrogen-bond acceptors (Lipinski definition) is 4. The van der Waals surface area contributed by atoms with E-state index in [0.717, 1.165) is 30.0 Å². The van der Waals surface area contributed by atoms with E-state index in [0.29, 0.717) is 12.2 Å². The molecule has 2 N–H and O–H groups in total. The van der Waals surface area contributed by atoms with Gasteiger partial charge in [-0.3, -0.25) is 10.1 Å². The van der Waals surface area contributed by atoms with Crippen molar-refractivity contribution in [1.29, 1.82) is 0 Å². The second-order valence-corrected chi connectivity index (χ2v) is 7.79. The molecule has 0 aliphatic carbocycles. The number of amides is 1. The number of anilines is 1. The standard InChI is InChI=1S/C26H28N2O3S/c1-3-19(2)31-24-11-7-10-22(18-24)27-26(32)28-25(29)21-12-14-23(15-13-21)30-17-16-20-8-5-4-6-9-20/h4-15,18-19H,3,16-17H2,1-2H3,(H2,27,28,29,32). The molecule has 0 spiro atoms. The zero-order valence-corrected chi connectivity index (χ0v) is 19.2. The lowest BCUT2D eigenvalue weighted by molar-refractivity contribution is 0.0977. The van der Waals surface area contributed by atoms with E-state index >= 15 is 0 Å². The molecule has 0 bridgehead atoms. The highest BCUT2D eigenvalue weighted by Gasteiger charge is 2.09. The molecule has 1 amide bonds. The minimum Gasteiger partial charge on any atom is -0.493 e. The molecule has 1 atom stereocenters. The summed E-state index contributed by atoms with van der Waals surface area (Å²) in [6.07, 6.45) is 1.87. The van der Waals surface area contributed by atoms with E-state index in [4.69, 9.17) is 21.7 Å². The zero-order chi connectivity index (χ0) is 22.8. The Balaban J connectivity index is 1.47. The van der Waals surface area contributed by atoms with Crippen molar-refractivity contribution in [2.75, 3.05) is 11.9 Å². The van der Waals surface area contributed by atoms with Crippen molar-refractivity contribution in [3.63, 3.8) is 0 Å². The van der Waals surface area contributed by atoms with Gasteiger partial charge in [0.2, 0.25) is 0 Å². The summed E-state index contributed by atoms with van der Waals surface area (Å²) >= 11 is 5.29. The van der Waals surface area contributed by atoms with Crippen LogP contribution in [0.3, 0.4) is 0 Å². The van der Waals surface area contributed by atoms with Gasteiger partial charge in [-0.05, 0) is 67.5 Å². The molecule has 3 aromatic rings. The summed E-state index contributed by atoms with van der Waals surface area (Å²) in [7, 11) is 0. The van der Waals surface area contributed by atoms with Gasteiger partial charge < -0.3 is 14.8 Å². The van der Waals surface area contributed by atoms with Gasteiger partial charge in [0.1, 0.15) is 11.5 Å². The third kappa shape index (κ3) is 7.39. The third-order valence-electron chi connectivity index (χ3n) is 4.85. The number of nitrogens with one attached hydrogen (secondary N) is 2. The fourth-order valence-electron chi connectivity index (χ4n) is 2.93. The normalized spacial score (nSPS) is 11.3. The number of hydrogen-bond donors (Lipinski definition) is 2. The molecule has 0 fully saturated rings. The minimum atomic E-state index is -0.287. The van der Waals surface area contributed by atoms with Crippen molar-refractivity contribution >= 4 is 28.9 Å². The lowest BCUT2D eigenvalue weighted by atomic mass is 10.2. The Morgan fingerprint density at radius 1 is 0.969 bits per heavy atom. The third-order valence-corrected chi connectivity index (χ3v) is 5.05. The van der Waals surface area contributed by atoms with Crippen LogP contribution in [0.1, 0.15) is 36.2 Å². The lowest BCUT2D eigenvalue weighted by Gasteiger charge is -2.14. The van der Waals surface area contributed by atoms with Gasteiger partial charge in [-0.25, -0.2) is 0 Å². The Kier molecular flexibility index (Phi) is 8.63. The van der Waals surface area contributed by atoms with E-state index in [1.807, 2.05) is 49.4 Å². The Hall–Kier alpha value is -3.38. The summed E-state index contributed by atoms with van der Waals surface area (Å²) < 4.78 is 11.6. The summed E-state index contributed by atoms with van der Waals surface area (Å²) in [4.78, 5) is 12.5. The number of carbonyl (C=O) groups excluding carboxylic acids is 1. The maximum atomic E-state index is 12.5. The molecule has 1 unspecified atom stereocenters. The highest BCUT2D eigenvalue weighted by molar-refractivity contribution is 7.80. The maximum absolute atomic E-state index is 12.5. The number of rotatable bonds is 9. The van der Waals surface area contributed by atoms with E-state index in [9.17, 15) is 4.79 Å². The predicted molar refractivity (Wildman–Crippen MR) is 133 cm³/mol. The van der Waals surface area contributed by atoms with Crippen molar-refractivity contribution in [2.45, 2.75) is 32.8 Å². The summed E-state index contributed by atoms with van der Waals surface area (Å²) in [6.45, 7) is 4.66. The van der Waals surface area contributed by atoms with Crippen molar-refractivity contribution in [1.82, 2.24) is 5.32 Å². The van der Waals surface area contributed by atoms with E-state index in [-0.39, 0.29) is 17.1 Å². The van der Waals surface area contributed by atoms with Crippen molar-refractivity contribution in [2.24, 2.45) is 0 Å². The SMILES string of the molecule is CCC(C)Oc1cccc(NC(=S)NC(=O)c2ccc(OCCc3ccccc3)cc2)c1. The van der Waals surface area contributed by atoms with Gasteiger partial charge in [0, 0.05) is 23.7 Å². The molecule has 0 radical (unpaired) electrons. The first-order valence-corrected chi connectivity index (χ1v) is 11.1. The number of ether oxygens (including phenoxy) is 2. The quantitative estimate of drug-likeness (QED) is 0.417. The first-order valence-electron chi connectivity index (χ1n) is 10.7. The second-order valence-electron chi connectivity index (χ2n) is 7.38. The summed E-state index contributed by atoms with van der Waals surface area (Å²) in [5.41, 5.74) is 2.47. The smallest absolute Gasteiger partial charge is 0.257 e. The largest absolute Gasteiger partial charge is 0.493 e. The van der Waals surface area contributed by atoms with Gasteiger partial charge in [-0.2, -0.15) is 0 Å². The van der Waals surface area contributed by atoms with Crippen LogP contribution in [0.4, 0.5) is 5.69 Å². The Morgan fingerprint density at radius 2 is 1.72 bits per heavy atom. The van der Waals surface area contributed by atoms with Gasteiger partial charge in [-0.15, -0.1) is 0 Å². The fraction of sp³-hybridized carbons (Fsp3) is 0.231. The van der Waals surface area contributed by atoms with Crippen LogP contribution in [-0.4, -0.2) is 23.7 Å². The van der Waals surface area contributed by atoms with Crippen LogP contribution in [0, 0.1) is 0 Å². The van der Waals surface area contributed by atoms with Crippen molar-refractivity contribution < 1.29 is 14.3 Å². The molecular weight excluding hydrogens is 420 g/mol. The topological polar surface area (TPSA) is 59.6 Å². The molecule has 0 aliphatic rings.